The molecule has 0 fully saturated rings. The number of hydrogen-bond acceptors (Lipinski definition) is 0. The van der Waals surface area contributed by atoms with Gasteiger partial charge < -0.3 is 0 Å². The summed E-state index contributed by atoms with van der Waals surface area (Å²) in [7, 11) is 0. The molecule has 134 valence electrons. The van der Waals surface area contributed by atoms with E-state index in [-0.39, 0.29) is 0 Å². The van der Waals surface area contributed by atoms with Crippen LogP contribution >= 0.6 is 0 Å². The summed E-state index contributed by atoms with van der Waals surface area (Å²) in [6, 6.07) is 0. The molecule has 3 atom stereocenters. The van der Waals surface area contributed by atoms with Crippen LogP contribution in [0.15, 0.2) is 0 Å². The monoisotopic (exact) mass is 310 g/mol. The van der Waals surface area contributed by atoms with E-state index < -0.39 is 0 Å². The van der Waals surface area contributed by atoms with Gasteiger partial charge in [0, 0.05) is 0 Å². The molecule has 0 aromatic heterocycles. The van der Waals surface area contributed by atoms with Crippen LogP contribution in [0.2, 0.25) is 0 Å². The first-order valence-electron chi connectivity index (χ1n) is 10.6. The van der Waals surface area contributed by atoms with Gasteiger partial charge in [-0.05, 0) is 17.8 Å². The van der Waals surface area contributed by atoms with Crippen molar-refractivity contribution < 1.29 is 0 Å². The molecule has 0 heteroatoms. The lowest BCUT2D eigenvalue weighted by atomic mass is 9.81. The lowest BCUT2D eigenvalue weighted by molar-refractivity contribution is 0.255. The molecule has 0 aliphatic heterocycles. The van der Waals surface area contributed by atoms with Crippen molar-refractivity contribution in [1.82, 2.24) is 0 Å². The predicted molar refractivity (Wildman–Crippen MR) is 103 cm³/mol. The molecular formula is C22H46. The minimum Gasteiger partial charge on any atom is -0.0654 e. The zero-order valence-corrected chi connectivity index (χ0v) is 16.6. The van der Waals surface area contributed by atoms with Crippen LogP contribution in [-0.2, 0) is 0 Å². The Kier molecular flexibility index (Phi) is 15.9. The highest BCUT2D eigenvalue weighted by atomic mass is 14.2. The molecule has 0 aliphatic carbocycles. The van der Waals surface area contributed by atoms with Crippen molar-refractivity contribution in [2.45, 2.75) is 125 Å². The smallest absolute Gasteiger partial charge is 0.0391 e. The van der Waals surface area contributed by atoms with Crippen molar-refractivity contribution in [3.63, 3.8) is 0 Å². The Morgan fingerprint density at radius 2 is 0.909 bits per heavy atom. The van der Waals surface area contributed by atoms with Crippen LogP contribution in [0.3, 0.4) is 0 Å². The van der Waals surface area contributed by atoms with Gasteiger partial charge in [0.05, 0.1) is 0 Å². The fourth-order valence-corrected chi connectivity index (χ4v) is 3.50. The van der Waals surface area contributed by atoms with Crippen molar-refractivity contribution in [1.29, 1.82) is 0 Å². The van der Waals surface area contributed by atoms with E-state index in [2.05, 4.69) is 34.6 Å². The van der Waals surface area contributed by atoms with Gasteiger partial charge in [-0.2, -0.15) is 0 Å². The van der Waals surface area contributed by atoms with Gasteiger partial charge in [-0.3, -0.25) is 0 Å². The van der Waals surface area contributed by atoms with E-state index in [4.69, 9.17) is 0 Å². The van der Waals surface area contributed by atoms with E-state index in [1.54, 1.807) is 0 Å². The van der Waals surface area contributed by atoms with E-state index >= 15 is 0 Å². The molecule has 0 saturated heterocycles. The minimum absolute atomic E-state index is 0.896. The first-order valence-corrected chi connectivity index (χ1v) is 10.6. The fraction of sp³-hybridized carbons (Fsp3) is 1.00. The molecule has 0 aliphatic rings. The fourth-order valence-electron chi connectivity index (χ4n) is 3.50. The average molecular weight is 311 g/mol. The lowest BCUT2D eigenvalue weighted by Gasteiger charge is -2.25. The van der Waals surface area contributed by atoms with Crippen LogP contribution in [0.4, 0.5) is 0 Å². The average Bonchev–Trinajstić information content (AvgIpc) is 2.54. The lowest BCUT2D eigenvalue weighted by Crippen LogP contribution is -2.15. The molecule has 0 heterocycles. The number of rotatable bonds is 16. The SMILES string of the molecule is CCCCCCCCCCCCCCC(C)C(C)C(C)CC. The third kappa shape index (κ3) is 12.5. The summed E-state index contributed by atoms with van der Waals surface area (Å²) < 4.78 is 0. The number of hydrogen-bond donors (Lipinski definition) is 0. The molecule has 0 N–H and O–H groups in total. The van der Waals surface area contributed by atoms with E-state index in [9.17, 15) is 0 Å². The first-order chi connectivity index (χ1) is 10.6. The van der Waals surface area contributed by atoms with Gasteiger partial charge in [0.1, 0.15) is 0 Å². The summed E-state index contributed by atoms with van der Waals surface area (Å²) in [4.78, 5) is 0. The van der Waals surface area contributed by atoms with Crippen molar-refractivity contribution in [3.8, 4) is 0 Å². The van der Waals surface area contributed by atoms with E-state index in [0.29, 0.717) is 0 Å². The summed E-state index contributed by atoms with van der Waals surface area (Å²) >= 11 is 0. The zero-order valence-electron chi connectivity index (χ0n) is 16.6. The molecule has 0 spiro atoms. The zero-order chi connectivity index (χ0) is 16.6. The molecule has 22 heavy (non-hydrogen) atoms. The highest BCUT2D eigenvalue weighted by Crippen LogP contribution is 2.27. The molecule has 0 aromatic rings. The third-order valence-corrected chi connectivity index (χ3v) is 5.95. The maximum absolute atomic E-state index is 2.47. The second-order valence-electron chi connectivity index (χ2n) is 7.90. The summed E-state index contributed by atoms with van der Waals surface area (Å²) in [6.07, 6.45) is 20.3. The van der Waals surface area contributed by atoms with Gasteiger partial charge in [-0.15, -0.1) is 0 Å². The molecule has 3 unspecified atom stereocenters. The van der Waals surface area contributed by atoms with Crippen LogP contribution in [0.1, 0.15) is 125 Å². The molecular weight excluding hydrogens is 264 g/mol. The van der Waals surface area contributed by atoms with E-state index in [1.807, 2.05) is 0 Å². The molecule has 0 nitrogen and oxygen atoms in total. The second-order valence-corrected chi connectivity index (χ2v) is 7.90. The minimum atomic E-state index is 0.896. The van der Waals surface area contributed by atoms with E-state index in [1.165, 1.54) is 89.9 Å². The molecule has 0 bridgehead atoms. The number of unbranched alkanes of at least 4 members (excludes halogenated alkanes) is 11. The Labute approximate surface area is 142 Å². The molecule has 0 aromatic carbocycles. The molecule has 0 radical (unpaired) electrons. The topological polar surface area (TPSA) is 0 Å². The Bertz CT molecular complexity index is 208. The summed E-state index contributed by atoms with van der Waals surface area (Å²) in [6.45, 7) is 12.0. The first kappa shape index (κ1) is 22.0. The Balaban J connectivity index is 3.26. The van der Waals surface area contributed by atoms with Gasteiger partial charge in [0.25, 0.3) is 0 Å². The molecule has 0 saturated carbocycles. The van der Waals surface area contributed by atoms with Crippen LogP contribution in [-0.4, -0.2) is 0 Å². The van der Waals surface area contributed by atoms with Gasteiger partial charge in [0.2, 0.25) is 0 Å². The van der Waals surface area contributed by atoms with Gasteiger partial charge >= 0.3 is 0 Å². The predicted octanol–water partition coefficient (Wildman–Crippen LogP) is 8.40. The van der Waals surface area contributed by atoms with Crippen LogP contribution in [0.25, 0.3) is 0 Å². The summed E-state index contributed by atoms with van der Waals surface area (Å²) in [5, 5.41) is 0. The quantitative estimate of drug-likeness (QED) is 0.251. The summed E-state index contributed by atoms with van der Waals surface area (Å²) in [5.74, 6) is 2.71. The largest absolute Gasteiger partial charge is 0.0654 e. The van der Waals surface area contributed by atoms with Gasteiger partial charge in [-0.1, -0.05) is 125 Å². The standard InChI is InChI=1S/C22H46/c1-6-8-9-10-11-12-13-14-15-16-17-18-19-21(4)22(5)20(3)7-2/h20-22H,6-19H2,1-5H3. The molecule has 0 rings (SSSR count). The third-order valence-electron chi connectivity index (χ3n) is 5.95. The Morgan fingerprint density at radius 3 is 1.32 bits per heavy atom. The highest BCUT2D eigenvalue weighted by molar-refractivity contribution is 4.67. The Morgan fingerprint density at radius 1 is 0.500 bits per heavy atom. The highest BCUT2D eigenvalue weighted by Gasteiger charge is 2.16. The van der Waals surface area contributed by atoms with Crippen molar-refractivity contribution >= 4 is 0 Å². The van der Waals surface area contributed by atoms with Crippen LogP contribution in [0, 0.1) is 17.8 Å². The summed E-state index contributed by atoms with van der Waals surface area (Å²) in [5.41, 5.74) is 0. The van der Waals surface area contributed by atoms with Crippen molar-refractivity contribution in [2.75, 3.05) is 0 Å². The van der Waals surface area contributed by atoms with Crippen molar-refractivity contribution in [2.24, 2.45) is 17.8 Å². The van der Waals surface area contributed by atoms with Gasteiger partial charge in [-0.25, -0.2) is 0 Å². The maximum atomic E-state index is 2.47. The van der Waals surface area contributed by atoms with E-state index in [0.717, 1.165) is 17.8 Å². The second kappa shape index (κ2) is 15.9. The van der Waals surface area contributed by atoms with Crippen LogP contribution in [0.5, 0.6) is 0 Å². The van der Waals surface area contributed by atoms with Crippen molar-refractivity contribution in [3.05, 3.63) is 0 Å². The maximum Gasteiger partial charge on any atom is -0.0391 e. The Hall–Kier alpha value is 0. The van der Waals surface area contributed by atoms with Gasteiger partial charge in [0.15, 0.2) is 0 Å². The molecule has 0 amide bonds. The van der Waals surface area contributed by atoms with Crippen LogP contribution < -0.4 is 0 Å². The normalized spacial score (nSPS) is 15.7.